The van der Waals surface area contributed by atoms with Crippen LogP contribution in [-0.4, -0.2) is 16.7 Å². The van der Waals surface area contributed by atoms with E-state index in [0.29, 0.717) is 5.95 Å². The molecule has 20 heavy (non-hydrogen) atoms. The minimum Gasteiger partial charge on any atom is -0.497 e. The Morgan fingerprint density at radius 3 is 2.95 bits per heavy atom. The average Bonchev–Trinajstić information content (AvgIpc) is 3.03. The lowest BCUT2D eigenvalue weighted by Gasteiger charge is -2.15. The van der Waals surface area contributed by atoms with Gasteiger partial charge in [-0.1, -0.05) is 6.07 Å². The van der Waals surface area contributed by atoms with Gasteiger partial charge >= 0.3 is 0 Å². The van der Waals surface area contributed by atoms with Crippen molar-refractivity contribution in [3.8, 4) is 5.75 Å². The highest BCUT2D eigenvalue weighted by Gasteiger charge is 2.15. The van der Waals surface area contributed by atoms with Crippen molar-refractivity contribution in [1.29, 1.82) is 0 Å². The molecule has 0 aliphatic heterocycles. The van der Waals surface area contributed by atoms with Crippen LogP contribution in [0.1, 0.15) is 17.8 Å². The van der Waals surface area contributed by atoms with Crippen molar-refractivity contribution in [2.24, 2.45) is 0 Å². The molecule has 0 aliphatic rings. The van der Waals surface area contributed by atoms with Crippen LogP contribution in [0.25, 0.3) is 11.0 Å². The van der Waals surface area contributed by atoms with Crippen molar-refractivity contribution in [1.82, 2.24) is 9.55 Å². The van der Waals surface area contributed by atoms with Crippen molar-refractivity contribution in [3.05, 3.63) is 40.6 Å². The van der Waals surface area contributed by atoms with Crippen molar-refractivity contribution >= 4 is 28.3 Å². The number of fused-ring (bicyclic) bond motifs is 1. The first-order chi connectivity index (χ1) is 9.69. The van der Waals surface area contributed by atoms with E-state index in [0.717, 1.165) is 23.2 Å². The van der Waals surface area contributed by atoms with E-state index in [-0.39, 0.29) is 6.04 Å². The number of anilines is 1. The number of ether oxygens (including phenoxy) is 1. The molecular weight excluding hydrogens is 270 g/mol. The second-order valence-electron chi connectivity index (χ2n) is 4.83. The highest BCUT2D eigenvalue weighted by atomic mass is 32.1. The van der Waals surface area contributed by atoms with Crippen LogP contribution in [0, 0.1) is 0 Å². The molecule has 0 radical (unpaired) electrons. The van der Waals surface area contributed by atoms with E-state index in [2.05, 4.69) is 34.0 Å². The summed E-state index contributed by atoms with van der Waals surface area (Å²) in [4.78, 5) is 5.79. The minimum atomic E-state index is 0.270. The maximum absolute atomic E-state index is 6.09. The van der Waals surface area contributed by atoms with E-state index in [9.17, 15) is 0 Å². The fourth-order valence-corrected chi connectivity index (χ4v) is 3.33. The lowest BCUT2D eigenvalue weighted by Crippen LogP contribution is -2.10. The first-order valence-corrected chi connectivity index (χ1v) is 7.41. The molecule has 1 aromatic carbocycles. The number of imidazole rings is 1. The molecule has 2 aromatic heterocycles. The number of nitrogens with two attached hydrogens (primary N) is 1. The SMILES string of the molecule is COc1ccc2c(c1)nc(N)n2C(C)Cc1cccs1. The van der Waals surface area contributed by atoms with Gasteiger partial charge in [-0.15, -0.1) is 11.3 Å². The van der Waals surface area contributed by atoms with Crippen LogP contribution in [0.4, 0.5) is 5.95 Å². The monoisotopic (exact) mass is 287 g/mol. The molecule has 0 bridgehead atoms. The summed E-state index contributed by atoms with van der Waals surface area (Å²) in [7, 11) is 1.65. The molecule has 0 saturated carbocycles. The first-order valence-electron chi connectivity index (χ1n) is 6.53. The van der Waals surface area contributed by atoms with E-state index < -0.39 is 0 Å². The number of hydrogen-bond acceptors (Lipinski definition) is 4. The summed E-state index contributed by atoms with van der Waals surface area (Å²) in [5.74, 6) is 1.35. The van der Waals surface area contributed by atoms with Crippen LogP contribution in [0.15, 0.2) is 35.7 Å². The summed E-state index contributed by atoms with van der Waals surface area (Å²) in [6.45, 7) is 2.17. The van der Waals surface area contributed by atoms with E-state index in [1.54, 1.807) is 18.4 Å². The molecule has 4 nitrogen and oxygen atoms in total. The Morgan fingerprint density at radius 2 is 2.25 bits per heavy atom. The molecule has 0 saturated heterocycles. The van der Waals surface area contributed by atoms with Gasteiger partial charge in [-0.05, 0) is 30.5 Å². The van der Waals surface area contributed by atoms with E-state index >= 15 is 0 Å². The number of aromatic nitrogens is 2. The molecule has 5 heteroatoms. The number of nitrogens with zero attached hydrogens (tertiary/aromatic N) is 2. The van der Waals surface area contributed by atoms with Gasteiger partial charge in [-0.25, -0.2) is 4.98 Å². The number of methoxy groups -OCH3 is 1. The summed E-state index contributed by atoms with van der Waals surface area (Å²) >= 11 is 1.77. The molecule has 2 N–H and O–H groups in total. The molecule has 0 amide bonds. The maximum atomic E-state index is 6.09. The van der Waals surface area contributed by atoms with E-state index in [1.165, 1.54) is 4.88 Å². The number of thiophene rings is 1. The third-order valence-corrected chi connectivity index (χ3v) is 4.34. The summed E-state index contributed by atoms with van der Waals surface area (Å²) < 4.78 is 7.32. The lowest BCUT2D eigenvalue weighted by molar-refractivity contribution is 0.415. The predicted octanol–water partition coefficient (Wildman–Crippen LogP) is 3.49. The number of nitrogen functional groups attached to an aromatic ring is 1. The van der Waals surface area contributed by atoms with E-state index in [1.807, 2.05) is 18.2 Å². The fourth-order valence-electron chi connectivity index (χ4n) is 2.50. The van der Waals surface area contributed by atoms with Gasteiger partial charge in [0.1, 0.15) is 5.75 Å². The van der Waals surface area contributed by atoms with Crippen molar-refractivity contribution in [2.75, 3.05) is 12.8 Å². The van der Waals surface area contributed by atoms with Crippen LogP contribution in [-0.2, 0) is 6.42 Å². The van der Waals surface area contributed by atoms with Gasteiger partial charge in [0.25, 0.3) is 0 Å². The van der Waals surface area contributed by atoms with Gasteiger partial charge in [0.15, 0.2) is 0 Å². The zero-order valence-electron chi connectivity index (χ0n) is 11.5. The second-order valence-corrected chi connectivity index (χ2v) is 5.86. The summed E-state index contributed by atoms with van der Waals surface area (Å²) in [5.41, 5.74) is 8.01. The van der Waals surface area contributed by atoms with Gasteiger partial charge in [-0.2, -0.15) is 0 Å². The topological polar surface area (TPSA) is 53.1 Å². The Balaban J connectivity index is 2.00. The summed E-state index contributed by atoms with van der Waals surface area (Å²) in [6.07, 6.45) is 0.958. The Hall–Kier alpha value is -2.01. The molecule has 1 unspecified atom stereocenters. The van der Waals surface area contributed by atoms with Crippen molar-refractivity contribution in [3.63, 3.8) is 0 Å². The summed E-state index contributed by atoms with van der Waals surface area (Å²) in [6, 6.07) is 10.4. The number of benzene rings is 1. The zero-order chi connectivity index (χ0) is 14.1. The van der Waals surface area contributed by atoms with Gasteiger partial charge in [0.05, 0.1) is 18.1 Å². The van der Waals surface area contributed by atoms with Crippen LogP contribution in [0.3, 0.4) is 0 Å². The Kier molecular flexibility index (Phi) is 3.36. The van der Waals surface area contributed by atoms with Crippen LogP contribution in [0.2, 0.25) is 0 Å². The smallest absolute Gasteiger partial charge is 0.201 e. The summed E-state index contributed by atoms with van der Waals surface area (Å²) in [5, 5.41) is 2.10. The molecule has 104 valence electrons. The first kappa shape index (κ1) is 13.0. The molecule has 1 atom stereocenters. The molecule has 3 rings (SSSR count). The predicted molar refractivity (Wildman–Crippen MR) is 83.4 cm³/mol. The quantitative estimate of drug-likeness (QED) is 0.799. The minimum absolute atomic E-state index is 0.270. The van der Waals surface area contributed by atoms with Crippen molar-refractivity contribution in [2.45, 2.75) is 19.4 Å². The highest BCUT2D eigenvalue weighted by molar-refractivity contribution is 7.09. The largest absolute Gasteiger partial charge is 0.497 e. The third-order valence-electron chi connectivity index (χ3n) is 3.44. The molecule has 0 spiro atoms. The Morgan fingerprint density at radius 1 is 1.40 bits per heavy atom. The molecule has 0 aliphatic carbocycles. The number of rotatable bonds is 4. The zero-order valence-corrected chi connectivity index (χ0v) is 12.4. The van der Waals surface area contributed by atoms with Gasteiger partial charge in [-0.3, -0.25) is 0 Å². The molecule has 2 heterocycles. The van der Waals surface area contributed by atoms with Gasteiger partial charge in [0.2, 0.25) is 5.95 Å². The normalized spacial score (nSPS) is 12.7. The molecule has 0 fully saturated rings. The molecule has 3 aromatic rings. The second kappa shape index (κ2) is 5.17. The van der Waals surface area contributed by atoms with Crippen LogP contribution < -0.4 is 10.5 Å². The van der Waals surface area contributed by atoms with Gasteiger partial charge < -0.3 is 15.0 Å². The average molecular weight is 287 g/mol. The fraction of sp³-hybridized carbons (Fsp3) is 0.267. The maximum Gasteiger partial charge on any atom is 0.201 e. The van der Waals surface area contributed by atoms with Crippen LogP contribution >= 0.6 is 11.3 Å². The third kappa shape index (κ3) is 2.25. The standard InChI is InChI=1S/C15H17N3OS/c1-10(8-12-4-3-7-20-12)18-14-6-5-11(19-2)9-13(14)17-15(18)16/h3-7,9-10H,8H2,1-2H3,(H2,16,17). The van der Waals surface area contributed by atoms with E-state index in [4.69, 9.17) is 10.5 Å². The lowest BCUT2D eigenvalue weighted by atomic mass is 10.2. The van der Waals surface area contributed by atoms with Crippen molar-refractivity contribution < 1.29 is 4.74 Å². The van der Waals surface area contributed by atoms with Gasteiger partial charge in [0, 0.05) is 23.4 Å². The highest BCUT2D eigenvalue weighted by Crippen LogP contribution is 2.28. The Labute approximate surface area is 121 Å². The Bertz CT molecular complexity index is 718. The molecular formula is C15H17N3OS. The van der Waals surface area contributed by atoms with Crippen LogP contribution in [0.5, 0.6) is 5.75 Å². The number of hydrogen-bond donors (Lipinski definition) is 1.